The van der Waals surface area contributed by atoms with Gasteiger partial charge in [-0.25, -0.2) is 14.4 Å². The summed E-state index contributed by atoms with van der Waals surface area (Å²) in [5.74, 6) is -0.178. The van der Waals surface area contributed by atoms with Crippen molar-refractivity contribution in [3.63, 3.8) is 0 Å². The summed E-state index contributed by atoms with van der Waals surface area (Å²) in [7, 11) is 0. The quantitative estimate of drug-likeness (QED) is 0.388. The third-order valence-electron chi connectivity index (χ3n) is 6.39. The Labute approximate surface area is 210 Å². The SMILES string of the molecule is Cc1nc(C)c(C(=O)N2CCC(c3nc(C(=O)NCCc4c[nH]c5ccc(F)cc45)cs3)CC2)s1. The molecule has 0 radical (unpaired) electrons. The lowest BCUT2D eigenvalue weighted by atomic mass is 9.97. The highest BCUT2D eigenvalue weighted by atomic mass is 32.1. The summed E-state index contributed by atoms with van der Waals surface area (Å²) in [6.45, 7) is 5.58. The maximum absolute atomic E-state index is 13.6. The van der Waals surface area contributed by atoms with E-state index in [2.05, 4.69) is 20.3 Å². The molecular weight excluding hydrogens is 485 g/mol. The van der Waals surface area contributed by atoms with Gasteiger partial charge in [-0.3, -0.25) is 9.59 Å². The van der Waals surface area contributed by atoms with Crippen LogP contribution in [0.4, 0.5) is 4.39 Å². The number of rotatable bonds is 6. The number of piperidine rings is 1. The van der Waals surface area contributed by atoms with Crippen molar-refractivity contribution in [2.24, 2.45) is 0 Å². The lowest BCUT2D eigenvalue weighted by Crippen LogP contribution is -2.37. The molecule has 1 aromatic carbocycles. The molecule has 0 bridgehead atoms. The van der Waals surface area contributed by atoms with Gasteiger partial charge in [0.05, 0.1) is 15.7 Å². The number of aromatic nitrogens is 3. The van der Waals surface area contributed by atoms with Crippen LogP contribution in [0.5, 0.6) is 0 Å². The number of hydrogen-bond donors (Lipinski definition) is 2. The molecule has 4 heterocycles. The smallest absolute Gasteiger partial charge is 0.270 e. The van der Waals surface area contributed by atoms with Gasteiger partial charge in [0, 0.05) is 48.0 Å². The van der Waals surface area contributed by atoms with Gasteiger partial charge in [-0.2, -0.15) is 0 Å². The van der Waals surface area contributed by atoms with Crippen LogP contribution in [0.15, 0.2) is 29.8 Å². The van der Waals surface area contributed by atoms with Crippen LogP contribution in [0.25, 0.3) is 10.9 Å². The van der Waals surface area contributed by atoms with Crippen molar-refractivity contribution >= 4 is 45.4 Å². The van der Waals surface area contributed by atoms with E-state index >= 15 is 0 Å². The molecule has 5 rings (SSSR count). The first kappa shape index (κ1) is 23.6. The molecular formula is C25H26FN5O2S2. The van der Waals surface area contributed by atoms with Gasteiger partial charge in [-0.1, -0.05) is 0 Å². The number of nitrogens with zero attached hydrogens (tertiary/aromatic N) is 3. The number of benzene rings is 1. The predicted octanol–water partition coefficient (Wildman–Crippen LogP) is 4.83. The number of fused-ring (bicyclic) bond motifs is 1. The fourth-order valence-electron chi connectivity index (χ4n) is 4.54. The molecule has 4 aromatic rings. The zero-order valence-corrected chi connectivity index (χ0v) is 21.2. The van der Waals surface area contributed by atoms with Crippen molar-refractivity contribution in [3.8, 4) is 0 Å². The molecule has 0 spiro atoms. The van der Waals surface area contributed by atoms with Gasteiger partial charge in [0.15, 0.2) is 0 Å². The van der Waals surface area contributed by atoms with Crippen molar-refractivity contribution < 1.29 is 14.0 Å². The maximum atomic E-state index is 13.6. The third kappa shape index (κ3) is 4.99. The third-order valence-corrected chi connectivity index (χ3v) is 8.46. The number of aromatic amines is 1. The van der Waals surface area contributed by atoms with E-state index in [0.29, 0.717) is 31.7 Å². The Kier molecular flexibility index (Phi) is 6.66. The monoisotopic (exact) mass is 511 g/mol. The molecule has 0 saturated carbocycles. The van der Waals surface area contributed by atoms with Gasteiger partial charge in [-0.15, -0.1) is 22.7 Å². The lowest BCUT2D eigenvalue weighted by molar-refractivity contribution is 0.0717. The summed E-state index contributed by atoms with van der Waals surface area (Å²) >= 11 is 2.95. The van der Waals surface area contributed by atoms with Crippen LogP contribution >= 0.6 is 22.7 Å². The van der Waals surface area contributed by atoms with E-state index in [9.17, 15) is 14.0 Å². The fraction of sp³-hybridized carbons (Fsp3) is 0.360. The summed E-state index contributed by atoms with van der Waals surface area (Å²) in [6, 6.07) is 4.65. The largest absolute Gasteiger partial charge is 0.361 e. The molecule has 0 aliphatic carbocycles. The second-order valence-electron chi connectivity index (χ2n) is 8.79. The number of aryl methyl sites for hydroxylation is 2. The summed E-state index contributed by atoms with van der Waals surface area (Å²) in [6.07, 6.45) is 4.10. The van der Waals surface area contributed by atoms with E-state index in [1.54, 1.807) is 11.4 Å². The van der Waals surface area contributed by atoms with E-state index in [1.165, 1.54) is 34.8 Å². The number of halogens is 1. The first-order chi connectivity index (χ1) is 16.9. The Morgan fingerprint density at radius 1 is 1.23 bits per heavy atom. The van der Waals surface area contributed by atoms with Gasteiger partial charge >= 0.3 is 0 Å². The van der Waals surface area contributed by atoms with E-state index in [1.807, 2.05) is 24.9 Å². The van der Waals surface area contributed by atoms with Crippen molar-refractivity contribution in [3.05, 3.63) is 67.4 Å². The molecule has 1 aliphatic heterocycles. The molecule has 7 nitrogen and oxygen atoms in total. The normalized spacial score (nSPS) is 14.5. The molecule has 2 N–H and O–H groups in total. The van der Waals surface area contributed by atoms with Gasteiger partial charge in [0.1, 0.15) is 16.4 Å². The summed E-state index contributed by atoms with van der Waals surface area (Å²) in [5.41, 5.74) is 3.06. The first-order valence-corrected chi connectivity index (χ1v) is 13.3. The molecule has 35 heavy (non-hydrogen) atoms. The number of nitrogens with one attached hydrogen (secondary N) is 2. The van der Waals surface area contributed by atoms with Crippen LogP contribution < -0.4 is 5.32 Å². The van der Waals surface area contributed by atoms with Crippen LogP contribution in [-0.4, -0.2) is 51.3 Å². The number of likely N-dealkylation sites (tertiary alicyclic amines) is 1. The Morgan fingerprint density at radius 2 is 2.03 bits per heavy atom. The van der Waals surface area contributed by atoms with Crippen LogP contribution in [0.1, 0.15) is 60.2 Å². The molecule has 182 valence electrons. The van der Waals surface area contributed by atoms with Gasteiger partial charge in [0.2, 0.25) is 0 Å². The number of H-pyrrole nitrogens is 1. The molecule has 3 aromatic heterocycles. The van der Waals surface area contributed by atoms with E-state index < -0.39 is 0 Å². The zero-order chi connectivity index (χ0) is 24.5. The molecule has 1 fully saturated rings. The second-order valence-corrected chi connectivity index (χ2v) is 10.9. The zero-order valence-electron chi connectivity index (χ0n) is 19.6. The molecule has 1 saturated heterocycles. The number of thiazole rings is 2. The highest BCUT2D eigenvalue weighted by Gasteiger charge is 2.28. The number of carbonyl (C=O) groups excluding carboxylic acids is 2. The lowest BCUT2D eigenvalue weighted by Gasteiger charge is -2.30. The van der Waals surface area contributed by atoms with Crippen molar-refractivity contribution in [1.82, 2.24) is 25.2 Å². The molecule has 1 aliphatic rings. The number of amides is 2. The van der Waals surface area contributed by atoms with Crippen LogP contribution in [0.2, 0.25) is 0 Å². The number of carbonyl (C=O) groups is 2. The second kappa shape index (κ2) is 9.87. The van der Waals surface area contributed by atoms with Gasteiger partial charge in [-0.05, 0) is 56.9 Å². The molecule has 0 unspecified atom stereocenters. The van der Waals surface area contributed by atoms with Crippen molar-refractivity contribution in [2.75, 3.05) is 19.6 Å². The summed E-state index contributed by atoms with van der Waals surface area (Å²) < 4.78 is 13.6. The highest BCUT2D eigenvalue weighted by Crippen LogP contribution is 2.31. The average Bonchev–Trinajstić information content (AvgIpc) is 3.57. The average molecular weight is 512 g/mol. The first-order valence-electron chi connectivity index (χ1n) is 11.6. The summed E-state index contributed by atoms with van der Waals surface area (Å²) in [4.78, 5) is 40.2. The topological polar surface area (TPSA) is 91.0 Å². The van der Waals surface area contributed by atoms with Gasteiger partial charge < -0.3 is 15.2 Å². The molecule has 2 amide bonds. The minimum Gasteiger partial charge on any atom is -0.361 e. The van der Waals surface area contributed by atoms with Crippen molar-refractivity contribution in [2.45, 2.75) is 39.0 Å². The van der Waals surface area contributed by atoms with Crippen LogP contribution in [-0.2, 0) is 6.42 Å². The van der Waals surface area contributed by atoms with E-state index in [0.717, 1.165) is 49.9 Å². The minimum absolute atomic E-state index is 0.0590. The fourth-order valence-corrected chi connectivity index (χ4v) is 6.40. The Hall–Kier alpha value is -3.11. The Balaban J connectivity index is 1.13. The molecule has 10 heteroatoms. The Morgan fingerprint density at radius 3 is 2.77 bits per heavy atom. The standard InChI is InChI=1S/C25H26FN5O2S2/c1-14-22(35-15(2)29-14)25(33)31-9-6-16(7-10-31)24-30-21(13-34-24)23(32)27-8-5-17-12-28-20-4-3-18(26)11-19(17)20/h3-4,11-13,16,28H,5-10H2,1-2H3,(H,27,32). The summed E-state index contributed by atoms with van der Waals surface area (Å²) in [5, 5.41) is 7.40. The van der Waals surface area contributed by atoms with E-state index in [4.69, 9.17) is 0 Å². The highest BCUT2D eigenvalue weighted by molar-refractivity contribution is 7.13. The van der Waals surface area contributed by atoms with Gasteiger partial charge in [0.25, 0.3) is 11.8 Å². The van der Waals surface area contributed by atoms with Crippen LogP contribution in [0, 0.1) is 19.7 Å². The van der Waals surface area contributed by atoms with Crippen LogP contribution in [0.3, 0.4) is 0 Å². The van der Waals surface area contributed by atoms with E-state index in [-0.39, 0.29) is 23.5 Å². The number of hydrogen-bond acceptors (Lipinski definition) is 6. The predicted molar refractivity (Wildman–Crippen MR) is 136 cm³/mol. The Bertz CT molecular complexity index is 1380. The minimum atomic E-state index is -0.277. The maximum Gasteiger partial charge on any atom is 0.270 e. The molecule has 0 atom stereocenters. The van der Waals surface area contributed by atoms with Crippen molar-refractivity contribution in [1.29, 1.82) is 0 Å².